The highest BCUT2D eigenvalue weighted by atomic mass is 35.5. The van der Waals surface area contributed by atoms with Crippen LogP contribution in [0.4, 0.5) is 5.69 Å². The molecule has 2 aromatic carbocycles. The maximum absolute atomic E-state index is 12.2. The maximum atomic E-state index is 12.2. The Bertz CT molecular complexity index is 954. The molecule has 0 aromatic heterocycles. The molecule has 2 aromatic rings. The van der Waals surface area contributed by atoms with Crippen LogP contribution in [-0.4, -0.2) is 25.7 Å². The minimum atomic E-state index is -2.14. The molecule has 9 heteroatoms. The molecule has 0 aliphatic carbocycles. The monoisotopic (exact) mass is 439 g/mol. The van der Waals surface area contributed by atoms with Gasteiger partial charge in [-0.25, -0.2) is 4.21 Å². The van der Waals surface area contributed by atoms with E-state index >= 15 is 0 Å². The molecule has 0 aliphatic heterocycles. The molecule has 7 nitrogen and oxygen atoms in total. The zero-order valence-electron chi connectivity index (χ0n) is 16.2. The second-order valence-corrected chi connectivity index (χ2v) is 8.83. The zero-order valence-corrected chi connectivity index (χ0v) is 17.8. The number of carbonyl (C=O) groups excluding carboxylic acids is 1. The van der Waals surface area contributed by atoms with Crippen LogP contribution in [0.1, 0.15) is 31.9 Å². The summed E-state index contributed by atoms with van der Waals surface area (Å²) in [4.78, 5) is 23.1. The SMILES string of the molecule is CC(C)(C)C(=O)Nc1ccc(Oc2cc(Cl)cc(CC(=O)O)c2)c(CS(=O)O)c1. The normalized spacial score (nSPS) is 12.3. The van der Waals surface area contributed by atoms with E-state index in [2.05, 4.69) is 5.32 Å². The first-order chi connectivity index (χ1) is 13.4. The number of hydrogen-bond acceptors (Lipinski definition) is 4. The van der Waals surface area contributed by atoms with E-state index in [1.54, 1.807) is 39.0 Å². The third-order valence-electron chi connectivity index (χ3n) is 3.79. The Labute approximate surface area is 176 Å². The molecule has 1 atom stereocenters. The van der Waals surface area contributed by atoms with Gasteiger partial charge in [-0.3, -0.25) is 9.59 Å². The van der Waals surface area contributed by atoms with Crippen LogP contribution in [0.5, 0.6) is 11.5 Å². The molecule has 0 saturated heterocycles. The van der Waals surface area contributed by atoms with E-state index < -0.39 is 22.5 Å². The summed E-state index contributed by atoms with van der Waals surface area (Å²) >= 11 is 3.90. The smallest absolute Gasteiger partial charge is 0.307 e. The highest BCUT2D eigenvalue weighted by Crippen LogP contribution is 2.31. The minimum Gasteiger partial charge on any atom is -0.481 e. The number of hydrogen-bond donors (Lipinski definition) is 3. The predicted molar refractivity (Wildman–Crippen MR) is 112 cm³/mol. The van der Waals surface area contributed by atoms with E-state index in [4.69, 9.17) is 21.4 Å². The van der Waals surface area contributed by atoms with Crippen molar-refractivity contribution in [3.05, 3.63) is 52.5 Å². The standard InChI is InChI=1S/C20H22ClNO6S/c1-20(2,3)19(25)22-15-4-5-17(13(9-15)11-29(26)27)28-16-7-12(8-18(23)24)6-14(21)10-16/h4-7,9-10H,8,11H2,1-3H3,(H,22,25)(H,23,24)(H,26,27). The Morgan fingerprint density at radius 2 is 1.86 bits per heavy atom. The largest absolute Gasteiger partial charge is 0.481 e. The van der Waals surface area contributed by atoms with Crippen LogP contribution >= 0.6 is 11.6 Å². The molecule has 0 heterocycles. The summed E-state index contributed by atoms with van der Waals surface area (Å²) < 4.78 is 26.5. The number of aliphatic carboxylic acids is 1. The first kappa shape index (κ1) is 22.9. The van der Waals surface area contributed by atoms with Crippen molar-refractivity contribution in [2.75, 3.05) is 5.32 Å². The van der Waals surface area contributed by atoms with E-state index in [9.17, 15) is 18.4 Å². The molecule has 0 fully saturated rings. The number of benzene rings is 2. The van der Waals surface area contributed by atoms with Gasteiger partial charge in [-0.05, 0) is 42.0 Å². The van der Waals surface area contributed by atoms with Gasteiger partial charge < -0.3 is 19.7 Å². The molecular weight excluding hydrogens is 418 g/mol. The van der Waals surface area contributed by atoms with Crippen molar-refractivity contribution in [1.29, 1.82) is 0 Å². The summed E-state index contributed by atoms with van der Waals surface area (Å²) in [5.41, 5.74) is 0.727. The molecule has 1 unspecified atom stereocenters. The summed E-state index contributed by atoms with van der Waals surface area (Å²) in [6, 6.07) is 9.33. The fourth-order valence-electron chi connectivity index (χ4n) is 2.40. The Hall–Kier alpha value is -2.42. The number of rotatable bonds is 7. The van der Waals surface area contributed by atoms with Gasteiger partial charge in [-0.2, -0.15) is 0 Å². The van der Waals surface area contributed by atoms with Crippen LogP contribution in [0.3, 0.4) is 0 Å². The van der Waals surface area contributed by atoms with Crippen molar-refractivity contribution in [3.8, 4) is 11.5 Å². The number of carboxylic acid groups (broad SMARTS) is 1. The lowest BCUT2D eigenvalue weighted by atomic mass is 9.95. The molecule has 156 valence electrons. The Kier molecular flexibility index (Phi) is 7.40. The zero-order chi connectivity index (χ0) is 21.8. The van der Waals surface area contributed by atoms with Gasteiger partial charge in [0.15, 0.2) is 11.1 Å². The molecule has 0 radical (unpaired) electrons. The van der Waals surface area contributed by atoms with Crippen molar-refractivity contribution >= 4 is 40.2 Å². The van der Waals surface area contributed by atoms with Gasteiger partial charge in [0.1, 0.15) is 11.5 Å². The Morgan fingerprint density at radius 3 is 2.45 bits per heavy atom. The van der Waals surface area contributed by atoms with Crippen LogP contribution < -0.4 is 10.1 Å². The molecule has 0 saturated carbocycles. The van der Waals surface area contributed by atoms with E-state index in [0.717, 1.165) is 0 Å². The van der Waals surface area contributed by atoms with E-state index in [-0.39, 0.29) is 18.1 Å². The molecule has 29 heavy (non-hydrogen) atoms. The molecular formula is C20H22ClNO6S. The van der Waals surface area contributed by atoms with E-state index in [1.165, 1.54) is 18.2 Å². The van der Waals surface area contributed by atoms with Gasteiger partial charge in [-0.1, -0.05) is 32.4 Å². The van der Waals surface area contributed by atoms with Gasteiger partial charge in [0, 0.05) is 21.7 Å². The minimum absolute atomic E-state index is 0.199. The quantitative estimate of drug-likeness (QED) is 0.549. The topological polar surface area (TPSA) is 113 Å². The lowest BCUT2D eigenvalue weighted by molar-refractivity contribution is -0.136. The summed E-state index contributed by atoms with van der Waals surface area (Å²) in [7, 11) is 0. The number of carboxylic acids is 1. The maximum Gasteiger partial charge on any atom is 0.307 e. The van der Waals surface area contributed by atoms with Gasteiger partial charge in [0.25, 0.3) is 0 Å². The van der Waals surface area contributed by atoms with E-state index in [0.29, 0.717) is 33.3 Å². The number of carbonyl (C=O) groups is 2. The van der Waals surface area contributed by atoms with Gasteiger partial charge in [-0.15, -0.1) is 0 Å². The van der Waals surface area contributed by atoms with Gasteiger partial charge >= 0.3 is 5.97 Å². The van der Waals surface area contributed by atoms with Crippen LogP contribution in [0.25, 0.3) is 0 Å². The fraction of sp³-hybridized carbons (Fsp3) is 0.300. The van der Waals surface area contributed by atoms with Crippen molar-refractivity contribution in [1.82, 2.24) is 0 Å². The molecule has 0 bridgehead atoms. The van der Waals surface area contributed by atoms with Crippen molar-refractivity contribution < 1.29 is 28.2 Å². The first-order valence-electron chi connectivity index (χ1n) is 8.65. The molecule has 3 N–H and O–H groups in total. The first-order valence-corrected chi connectivity index (χ1v) is 10.3. The summed E-state index contributed by atoms with van der Waals surface area (Å²) in [6.07, 6.45) is -0.220. The number of ether oxygens (including phenoxy) is 1. The average molecular weight is 440 g/mol. The van der Waals surface area contributed by atoms with Crippen LogP contribution in [0, 0.1) is 5.41 Å². The number of halogens is 1. The van der Waals surface area contributed by atoms with Crippen LogP contribution in [0.15, 0.2) is 36.4 Å². The highest BCUT2D eigenvalue weighted by molar-refractivity contribution is 7.78. The van der Waals surface area contributed by atoms with Crippen LogP contribution in [0.2, 0.25) is 5.02 Å². The summed E-state index contributed by atoms with van der Waals surface area (Å²) in [6.45, 7) is 5.33. The Morgan fingerprint density at radius 1 is 1.17 bits per heavy atom. The van der Waals surface area contributed by atoms with Gasteiger partial charge in [0.05, 0.1) is 12.2 Å². The molecule has 0 spiro atoms. The van der Waals surface area contributed by atoms with E-state index in [1.807, 2.05) is 0 Å². The van der Waals surface area contributed by atoms with Crippen LogP contribution in [-0.2, 0) is 32.8 Å². The third kappa shape index (κ3) is 7.16. The number of anilines is 1. The van der Waals surface area contributed by atoms with Gasteiger partial charge in [0.2, 0.25) is 5.91 Å². The number of nitrogens with one attached hydrogen (secondary N) is 1. The number of amides is 1. The Balaban J connectivity index is 2.34. The average Bonchev–Trinajstić information content (AvgIpc) is 2.54. The lowest BCUT2D eigenvalue weighted by Crippen LogP contribution is -2.27. The van der Waals surface area contributed by atoms with Crippen molar-refractivity contribution in [2.24, 2.45) is 5.41 Å². The third-order valence-corrected chi connectivity index (χ3v) is 4.57. The predicted octanol–water partition coefficient (Wildman–Crippen LogP) is 4.47. The van der Waals surface area contributed by atoms with Crippen molar-refractivity contribution in [2.45, 2.75) is 32.9 Å². The lowest BCUT2D eigenvalue weighted by Gasteiger charge is -2.19. The second kappa shape index (κ2) is 9.39. The second-order valence-electron chi connectivity index (χ2n) is 7.46. The molecule has 1 amide bonds. The van der Waals surface area contributed by atoms with Crippen molar-refractivity contribution in [3.63, 3.8) is 0 Å². The summed E-state index contributed by atoms with van der Waals surface area (Å²) in [5.74, 6) is -0.823. The summed E-state index contributed by atoms with van der Waals surface area (Å²) in [5, 5.41) is 12.0. The molecule has 2 rings (SSSR count). The fourth-order valence-corrected chi connectivity index (χ4v) is 3.14. The highest BCUT2D eigenvalue weighted by Gasteiger charge is 2.21. The molecule has 0 aliphatic rings.